The minimum Gasteiger partial charge on any atom is -0.493 e. The standard InChI is InChI=1S/C32H29NO2/c1-34-30-19-24-17-18-33-29(28(24)21-31(30)35-2)20-27(22-11-5-3-6-12-22)25-15-9-10-16-26(25)32(33)23-13-7-4-8-14-23/h3-16,19-21,29,32H,17-18H2,1-2H3/t29-,32+/m0/s1. The Morgan fingerprint density at radius 1 is 0.714 bits per heavy atom. The largest absolute Gasteiger partial charge is 0.493 e. The van der Waals surface area contributed by atoms with Crippen molar-refractivity contribution >= 4 is 5.57 Å². The highest BCUT2D eigenvalue weighted by molar-refractivity contribution is 5.83. The Labute approximate surface area is 207 Å². The van der Waals surface area contributed by atoms with Crippen LogP contribution in [0.15, 0.2) is 103 Å². The molecule has 0 aliphatic carbocycles. The van der Waals surface area contributed by atoms with Gasteiger partial charge in [0.25, 0.3) is 0 Å². The normalized spacial score (nSPS) is 19.0. The predicted molar refractivity (Wildman–Crippen MR) is 141 cm³/mol. The summed E-state index contributed by atoms with van der Waals surface area (Å²) in [6.07, 6.45) is 3.42. The Balaban J connectivity index is 1.63. The summed E-state index contributed by atoms with van der Waals surface area (Å²) in [7, 11) is 3.42. The number of ether oxygens (including phenoxy) is 2. The molecule has 0 spiro atoms. The van der Waals surface area contributed by atoms with E-state index in [0.29, 0.717) is 0 Å². The maximum atomic E-state index is 5.73. The lowest BCUT2D eigenvalue weighted by molar-refractivity contribution is 0.176. The summed E-state index contributed by atoms with van der Waals surface area (Å²) in [4.78, 5) is 2.65. The molecule has 3 heteroatoms. The van der Waals surface area contributed by atoms with Crippen molar-refractivity contribution in [1.82, 2.24) is 4.90 Å². The minimum atomic E-state index is 0.103. The summed E-state index contributed by atoms with van der Waals surface area (Å²) < 4.78 is 11.4. The summed E-state index contributed by atoms with van der Waals surface area (Å²) >= 11 is 0. The van der Waals surface area contributed by atoms with Gasteiger partial charge in [0.1, 0.15) is 0 Å². The third kappa shape index (κ3) is 3.73. The zero-order valence-corrected chi connectivity index (χ0v) is 20.1. The Hall–Kier alpha value is -3.82. The molecule has 0 fully saturated rings. The maximum absolute atomic E-state index is 5.73. The fourth-order valence-corrected chi connectivity index (χ4v) is 5.75. The predicted octanol–water partition coefficient (Wildman–Crippen LogP) is 6.84. The van der Waals surface area contributed by atoms with Crippen molar-refractivity contribution in [3.63, 3.8) is 0 Å². The highest BCUT2D eigenvalue weighted by atomic mass is 16.5. The van der Waals surface area contributed by atoms with E-state index in [0.717, 1.165) is 24.5 Å². The first-order chi connectivity index (χ1) is 17.3. The Bertz CT molecular complexity index is 1380. The third-order valence-corrected chi connectivity index (χ3v) is 7.36. The van der Waals surface area contributed by atoms with E-state index in [1.165, 1.54) is 39.0 Å². The van der Waals surface area contributed by atoms with Gasteiger partial charge in [0, 0.05) is 6.54 Å². The molecule has 0 saturated carbocycles. The fraction of sp³-hybridized carbons (Fsp3) is 0.188. The second-order valence-corrected chi connectivity index (χ2v) is 9.19. The first-order valence-electron chi connectivity index (χ1n) is 12.2. The summed E-state index contributed by atoms with van der Waals surface area (Å²) in [5, 5.41) is 0. The van der Waals surface area contributed by atoms with Gasteiger partial charge in [-0.2, -0.15) is 0 Å². The highest BCUT2D eigenvalue weighted by Crippen LogP contribution is 2.48. The molecule has 0 amide bonds. The van der Waals surface area contributed by atoms with Crippen LogP contribution in [0, 0.1) is 0 Å². The van der Waals surface area contributed by atoms with E-state index in [9.17, 15) is 0 Å². The van der Waals surface area contributed by atoms with Gasteiger partial charge in [-0.25, -0.2) is 0 Å². The molecule has 0 radical (unpaired) electrons. The number of rotatable bonds is 4. The van der Waals surface area contributed by atoms with Gasteiger partial charge in [-0.1, -0.05) is 91.0 Å². The van der Waals surface area contributed by atoms with Gasteiger partial charge >= 0.3 is 0 Å². The van der Waals surface area contributed by atoms with Crippen LogP contribution in [0.2, 0.25) is 0 Å². The first kappa shape index (κ1) is 21.7. The lowest BCUT2D eigenvalue weighted by Gasteiger charge is -2.41. The van der Waals surface area contributed by atoms with Gasteiger partial charge < -0.3 is 9.47 Å². The highest BCUT2D eigenvalue weighted by Gasteiger charge is 2.37. The minimum absolute atomic E-state index is 0.103. The van der Waals surface area contributed by atoms with Crippen molar-refractivity contribution in [3.05, 3.63) is 137 Å². The Morgan fingerprint density at radius 3 is 2.11 bits per heavy atom. The number of nitrogens with zero attached hydrogens (tertiary/aromatic N) is 1. The van der Waals surface area contributed by atoms with Crippen LogP contribution >= 0.6 is 0 Å². The van der Waals surface area contributed by atoms with Crippen molar-refractivity contribution in [2.45, 2.75) is 18.5 Å². The van der Waals surface area contributed by atoms with Gasteiger partial charge in [0.05, 0.1) is 26.3 Å². The molecule has 2 aliphatic rings. The molecule has 35 heavy (non-hydrogen) atoms. The van der Waals surface area contributed by atoms with Crippen LogP contribution in [-0.4, -0.2) is 25.7 Å². The fourth-order valence-electron chi connectivity index (χ4n) is 5.75. The van der Waals surface area contributed by atoms with Crippen LogP contribution < -0.4 is 9.47 Å². The topological polar surface area (TPSA) is 21.7 Å². The summed E-state index contributed by atoms with van der Waals surface area (Å²) in [6, 6.07) is 35.2. The zero-order chi connectivity index (χ0) is 23.8. The molecule has 0 saturated heterocycles. The van der Waals surface area contributed by atoms with E-state index >= 15 is 0 Å². The molecular formula is C32H29NO2. The van der Waals surface area contributed by atoms with Crippen LogP contribution in [0.4, 0.5) is 0 Å². The van der Waals surface area contributed by atoms with Gasteiger partial charge in [-0.15, -0.1) is 0 Å². The molecule has 0 unspecified atom stereocenters. The van der Waals surface area contributed by atoms with Crippen LogP contribution in [0.3, 0.4) is 0 Å². The molecular weight excluding hydrogens is 430 g/mol. The summed E-state index contributed by atoms with van der Waals surface area (Å²) in [5.41, 5.74) is 9.08. The lowest BCUT2D eigenvalue weighted by atomic mass is 9.88. The molecule has 6 rings (SSSR count). The Morgan fingerprint density at radius 2 is 1.37 bits per heavy atom. The van der Waals surface area contributed by atoms with Gasteiger partial charge in [-0.3, -0.25) is 4.90 Å². The third-order valence-electron chi connectivity index (χ3n) is 7.36. The number of methoxy groups -OCH3 is 2. The van der Waals surface area contributed by atoms with Crippen molar-refractivity contribution in [3.8, 4) is 11.5 Å². The second-order valence-electron chi connectivity index (χ2n) is 9.19. The monoisotopic (exact) mass is 459 g/mol. The molecule has 4 aromatic rings. The molecule has 0 N–H and O–H groups in total. The molecule has 3 nitrogen and oxygen atoms in total. The number of benzene rings is 4. The molecule has 0 aromatic heterocycles. The van der Waals surface area contributed by atoms with E-state index in [2.05, 4.69) is 108 Å². The van der Waals surface area contributed by atoms with Crippen molar-refractivity contribution in [2.24, 2.45) is 0 Å². The smallest absolute Gasteiger partial charge is 0.161 e. The van der Waals surface area contributed by atoms with Crippen LogP contribution in [0.1, 0.15) is 45.5 Å². The molecule has 2 aliphatic heterocycles. The number of fused-ring (bicyclic) bond motifs is 4. The molecule has 4 aromatic carbocycles. The van der Waals surface area contributed by atoms with E-state index in [1.54, 1.807) is 14.2 Å². The number of hydrogen-bond donors (Lipinski definition) is 0. The van der Waals surface area contributed by atoms with Crippen LogP contribution in [-0.2, 0) is 6.42 Å². The molecule has 174 valence electrons. The van der Waals surface area contributed by atoms with E-state index < -0.39 is 0 Å². The second kappa shape index (κ2) is 9.09. The zero-order valence-electron chi connectivity index (χ0n) is 20.1. The van der Waals surface area contributed by atoms with Gasteiger partial charge in [-0.05, 0) is 57.5 Å². The maximum Gasteiger partial charge on any atom is 0.161 e. The SMILES string of the molecule is COc1cc2c(cc1OC)[C@@H]1C=C(c3ccccc3)c3ccccc3[C@@H](c3ccccc3)N1CC2. The Kier molecular flexibility index (Phi) is 5.63. The molecule has 0 bridgehead atoms. The average molecular weight is 460 g/mol. The summed E-state index contributed by atoms with van der Waals surface area (Å²) in [6.45, 7) is 0.958. The van der Waals surface area contributed by atoms with Crippen molar-refractivity contribution < 1.29 is 9.47 Å². The van der Waals surface area contributed by atoms with Crippen LogP contribution in [0.5, 0.6) is 11.5 Å². The van der Waals surface area contributed by atoms with E-state index in [1.807, 2.05) is 0 Å². The van der Waals surface area contributed by atoms with Crippen molar-refractivity contribution in [2.75, 3.05) is 20.8 Å². The lowest BCUT2D eigenvalue weighted by Crippen LogP contribution is -2.37. The van der Waals surface area contributed by atoms with Gasteiger partial charge in [0.15, 0.2) is 11.5 Å². The molecule has 2 heterocycles. The van der Waals surface area contributed by atoms with E-state index in [4.69, 9.17) is 9.47 Å². The van der Waals surface area contributed by atoms with Crippen molar-refractivity contribution in [1.29, 1.82) is 0 Å². The molecule has 2 atom stereocenters. The number of hydrogen-bond acceptors (Lipinski definition) is 3. The first-order valence-corrected chi connectivity index (χ1v) is 12.2. The quantitative estimate of drug-likeness (QED) is 0.334. The van der Waals surface area contributed by atoms with Crippen LogP contribution in [0.25, 0.3) is 5.57 Å². The van der Waals surface area contributed by atoms with Gasteiger partial charge in [0.2, 0.25) is 0 Å². The average Bonchev–Trinajstić information content (AvgIpc) is 3.08. The summed E-state index contributed by atoms with van der Waals surface area (Å²) in [5.74, 6) is 1.57. The van der Waals surface area contributed by atoms with E-state index in [-0.39, 0.29) is 12.1 Å².